The number of piperidine rings is 2. The quantitative estimate of drug-likeness (QED) is 0.0281. The SMILES string of the molecule is Cc1ccc(-c2n[nH]c3ccc(-c4ncn[nH]4)cc23)cc1.Cc1ccc(-c2n[nH]c3ccc(C(=O)NCCCN4CCOCC4)cc23)cc1.NC(=O)c1ccc2[nH]nc(-c3cccc(NC(=O)CCN4CCCCC4)c3)c2c1.c1cc(OCCN2CCCCC2)cc(-c2n[nH]c3ccc(-c4ncn[nH]4)cc23)c1.c1cc2[nH]nc(-c3ccc4c(c3)CCO4)c2cc1-c1nn[nH]n1. The Kier molecular flexibility index (Phi) is 26.7. The fourth-order valence-corrected chi connectivity index (χ4v) is 16.7. The van der Waals surface area contributed by atoms with Gasteiger partial charge in [0.25, 0.3) is 5.91 Å². The van der Waals surface area contributed by atoms with Gasteiger partial charge in [-0.1, -0.05) is 96.8 Å². The first-order chi connectivity index (χ1) is 63.9. The highest BCUT2D eigenvalue weighted by molar-refractivity contribution is 6.04. The Hall–Kier alpha value is -15.3. The molecule has 32 heteroatoms. The number of primary amides is 1. The maximum atomic E-state index is 12.6. The fraction of sp³-hybridized carbons (Fsp3) is 0.255. The number of rotatable bonds is 22. The minimum atomic E-state index is -0.478. The molecule has 12 heterocycles. The summed E-state index contributed by atoms with van der Waals surface area (Å²) in [5, 5.41) is 76.4. The second kappa shape index (κ2) is 40.6. The lowest BCUT2D eigenvalue weighted by Gasteiger charge is -2.26. The predicted octanol–water partition coefficient (Wildman–Crippen LogP) is 15.7. The number of nitrogens with one attached hydrogen (secondary N) is 10. The van der Waals surface area contributed by atoms with E-state index in [1.165, 1.54) is 81.0 Å². The van der Waals surface area contributed by atoms with Gasteiger partial charge in [-0.25, -0.2) is 9.97 Å². The van der Waals surface area contributed by atoms with Gasteiger partial charge in [-0.05, 0) is 223 Å². The van der Waals surface area contributed by atoms with Gasteiger partial charge < -0.3 is 35.5 Å². The largest absolute Gasteiger partial charge is 0.493 e. The van der Waals surface area contributed by atoms with Crippen LogP contribution in [0.1, 0.15) is 88.8 Å². The molecule has 658 valence electrons. The van der Waals surface area contributed by atoms with Gasteiger partial charge in [0.2, 0.25) is 17.6 Å². The van der Waals surface area contributed by atoms with E-state index in [4.69, 9.17) is 19.9 Å². The van der Waals surface area contributed by atoms with Crippen LogP contribution in [0.5, 0.6) is 11.5 Å². The molecule has 0 bridgehead atoms. The lowest BCUT2D eigenvalue weighted by Crippen LogP contribution is -2.38. The predicted molar refractivity (Wildman–Crippen MR) is 502 cm³/mol. The first-order valence-corrected chi connectivity index (χ1v) is 44.1. The highest BCUT2D eigenvalue weighted by Gasteiger charge is 2.22. The molecule has 0 unspecified atom stereocenters. The van der Waals surface area contributed by atoms with Crippen molar-refractivity contribution in [2.75, 3.05) is 97.2 Å². The van der Waals surface area contributed by atoms with E-state index in [0.29, 0.717) is 42.2 Å². The highest BCUT2D eigenvalue weighted by Crippen LogP contribution is 2.38. The molecule has 3 fully saturated rings. The number of carbonyl (C=O) groups is 3. The van der Waals surface area contributed by atoms with E-state index in [1.54, 1.807) is 18.2 Å². The van der Waals surface area contributed by atoms with E-state index in [-0.39, 0.29) is 11.8 Å². The summed E-state index contributed by atoms with van der Waals surface area (Å²) in [7, 11) is 0. The topological polar surface area (TPSA) is 420 Å². The number of aromatic nitrogens is 20. The Labute approximate surface area is 747 Å². The number of benzene rings is 10. The molecule has 4 aliphatic rings. The third-order valence-corrected chi connectivity index (χ3v) is 23.8. The summed E-state index contributed by atoms with van der Waals surface area (Å²) in [5.41, 5.74) is 28.0. The van der Waals surface area contributed by atoms with E-state index in [9.17, 15) is 14.4 Å². The molecule has 3 saturated heterocycles. The monoisotopic (exact) mass is 1740 g/mol. The summed E-state index contributed by atoms with van der Waals surface area (Å²) >= 11 is 0. The number of tetrazole rings is 1. The highest BCUT2D eigenvalue weighted by atomic mass is 16.5. The number of hydrogen-bond acceptors (Lipinski definition) is 21. The number of likely N-dealkylation sites (tertiary alicyclic amines) is 2. The van der Waals surface area contributed by atoms with Crippen LogP contribution in [0.4, 0.5) is 5.69 Å². The molecule has 4 aliphatic heterocycles. The van der Waals surface area contributed by atoms with Gasteiger partial charge in [0.15, 0.2) is 11.6 Å². The standard InChI is InChI=1S/C22H24N6O.C22H25N5O2.C22H26N4O2.C16H12N6O.C16H13N5/c1-2-9-28(10-3-1)11-12-29-18-6-4-5-16(13-18)21-19-14-17(22-23-15-24-27-22)7-8-20(19)25-26-21;23-22(29)16-7-8-19-18(14-16)21(26-25-19)15-5-4-6-17(13-15)24-20(28)9-12-27-10-2-1-3-11-27;1-16-3-5-17(6-4-16)21-19-15-18(7-8-20(19)24-25-21)22(27)23-9-2-10-26-11-13-28-14-12-26;1-3-13-12(8-11(1)16-19-21-22-20-16)15(18-17-13)10-2-4-14-9(7-10)5-6-23-14;1-10-2-4-11(5-3-10)15-13-8-12(16-17-9-18-21-16)6-7-14(13)19-20-15/h4-8,13-15H,1-3,9-12H2,(H,25,26)(H,23,24,27);4-8,13-14H,1-3,9-12H2,(H2,23,29)(H,24,28)(H,25,26);3-8,15H,2,9-14H2,1H3,(H,23,27)(H,24,25);1-4,7-8H,5-6H2,(H,17,18)(H,19,20,21,22);2-9H,1H3,(H,19,20)(H,17,18,21). The molecule has 0 atom stereocenters. The van der Waals surface area contributed by atoms with Crippen LogP contribution < -0.4 is 25.8 Å². The van der Waals surface area contributed by atoms with Crippen LogP contribution in [0.15, 0.2) is 219 Å². The molecule has 32 nitrogen and oxygen atoms in total. The van der Waals surface area contributed by atoms with Crippen LogP contribution in [-0.4, -0.2) is 226 Å². The van der Waals surface area contributed by atoms with E-state index in [1.807, 2.05) is 109 Å². The average Bonchev–Trinajstić information content (AvgIpc) is 1.63. The van der Waals surface area contributed by atoms with Crippen molar-refractivity contribution in [1.82, 2.24) is 122 Å². The number of ether oxygens (including phenoxy) is 3. The zero-order chi connectivity index (χ0) is 88.5. The van der Waals surface area contributed by atoms with Crippen LogP contribution in [-0.2, 0) is 16.0 Å². The summed E-state index contributed by atoms with van der Waals surface area (Å²) in [6.07, 6.45) is 13.1. The van der Waals surface area contributed by atoms with Gasteiger partial charge >= 0.3 is 0 Å². The molecule has 12 N–H and O–H groups in total. The number of H-pyrrole nitrogens is 8. The maximum Gasteiger partial charge on any atom is 0.251 e. The normalized spacial score (nSPS) is 14.0. The summed E-state index contributed by atoms with van der Waals surface area (Å²) in [6.45, 7) is 17.2. The Morgan fingerprint density at radius 3 is 1.48 bits per heavy atom. The number of aromatic amines is 8. The molecule has 0 aliphatic carbocycles. The lowest BCUT2D eigenvalue weighted by molar-refractivity contribution is -0.116. The van der Waals surface area contributed by atoms with Crippen LogP contribution in [0.25, 0.3) is 145 Å². The van der Waals surface area contributed by atoms with Gasteiger partial charge in [-0.2, -0.15) is 40.9 Å². The van der Waals surface area contributed by atoms with Crippen LogP contribution in [0, 0.1) is 13.8 Å². The maximum absolute atomic E-state index is 12.6. The molecule has 0 saturated carbocycles. The summed E-state index contributed by atoms with van der Waals surface area (Å²) in [4.78, 5) is 52.1. The van der Waals surface area contributed by atoms with Crippen LogP contribution in [0.3, 0.4) is 0 Å². The van der Waals surface area contributed by atoms with Crippen molar-refractivity contribution < 1.29 is 28.6 Å². The lowest BCUT2D eigenvalue weighted by atomic mass is 10.0. The third kappa shape index (κ3) is 20.7. The molecular formula is C98H100N26O6. The zero-order valence-electron chi connectivity index (χ0n) is 72.3. The third-order valence-electron chi connectivity index (χ3n) is 23.8. The number of hydrogen-bond donors (Lipinski definition) is 11. The Balaban J connectivity index is 0.000000110. The smallest absolute Gasteiger partial charge is 0.251 e. The minimum absolute atomic E-state index is 0.00984. The van der Waals surface area contributed by atoms with Crippen molar-refractivity contribution in [3.63, 3.8) is 0 Å². The first-order valence-electron chi connectivity index (χ1n) is 44.1. The van der Waals surface area contributed by atoms with Gasteiger partial charge in [0, 0.05) is 134 Å². The number of anilines is 1. The molecule has 0 spiro atoms. The number of aryl methyl sites for hydroxylation is 2. The van der Waals surface area contributed by atoms with Gasteiger partial charge in [0.05, 0.1) is 70.2 Å². The molecule has 10 aromatic carbocycles. The number of nitrogens with zero attached hydrogens (tertiary/aromatic N) is 15. The first kappa shape index (κ1) is 85.5. The summed E-state index contributed by atoms with van der Waals surface area (Å²) in [6, 6.07) is 67.6. The molecule has 8 aromatic heterocycles. The van der Waals surface area contributed by atoms with Crippen molar-refractivity contribution in [2.45, 2.75) is 71.6 Å². The van der Waals surface area contributed by atoms with E-state index >= 15 is 0 Å². The summed E-state index contributed by atoms with van der Waals surface area (Å²) in [5.74, 6) is 3.41. The van der Waals surface area contributed by atoms with Crippen molar-refractivity contribution in [1.29, 1.82) is 0 Å². The Morgan fingerprint density at radius 1 is 0.446 bits per heavy atom. The second-order valence-corrected chi connectivity index (χ2v) is 32.7. The van der Waals surface area contributed by atoms with Crippen molar-refractivity contribution in [2.24, 2.45) is 5.73 Å². The van der Waals surface area contributed by atoms with Crippen LogP contribution in [0.2, 0.25) is 0 Å². The van der Waals surface area contributed by atoms with Crippen LogP contribution >= 0.6 is 0 Å². The van der Waals surface area contributed by atoms with Crippen molar-refractivity contribution >= 4 is 77.9 Å². The molecule has 22 rings (SSSR count). The fourth-order valence-electron chi connectivity index (χ4n) is 16.7. The van der Waals surface area contributed by atoms with Crippen molar-refractivity contribution in [3.05, 3.63) is 247 Å². The van der Waals surface area contributed by atoms with E-state index in [0.717, 1.165) is 229 Å². The second-order valence-electron chi connectivity index (χ2n) is 32.7. The molecule has 18 aromatic rings. The molecule has 3 amide bonds. The zero-order valence-corrected chi connectivity index (χ0v) is 72.3. The van der Waals surface area contributed by atoms with Gasteiger partial charge in [0.1, 0.15) is 36.5 Å². The minimum Gasteiger partial charge on any atom is -0.493 e. The van der Waals surface area contributed by atoms with Gasteiger partial charge in [-0.15, -0.1) is 10.2 Å². The molecule has 130 heavy (non-hydrogen) atoms. The number of carbonyl (C=O) groups excluding carboxylic acids is 3. The molecular weight excluding hydrogens is 1640 g/mol. The Bertz CT molecular complexity index is 6860. The summed E-state index contributed by atoms with van der Waals surface area (Å²) < 4.78 is 17.0. The van der Waals surface area contributed by atoms with E-state index < -0.39 is 5.91 Å². The number of fused-ring (bicyclic) bond motifs is 6. The number of morpholine rings is 1. The number of nitrogens with two attached hydrogens (primary N) is 1. The number of amides is 3. The average molecular weight is 1740 g/mol. The Morgan fingerprint density at radius 2 is 0.931 bits per heavy atom. The van der Waals surface area contributed by atoms with Crippen molar-refractivity contribution in [3.8, 4) is 102 Å². The van der Waals surface area contributed by atoms with E-state index in [2.05, 4.69) is 220 Å². The molecule has 0 radical (unpaired) electrons. The van der Waals surface area contributed by atoms with Gasteiger partial charge in [-0.3, -0.25) is 59.9 Å².